The topological polar surface area (TPSA) is 57.6 Å². The fourth-order valence-electron chi connectivity index (χ4n) is 1.11. The molecule has 0 radical (unpaired) electrons. The Balaban J connectivity index is 5.02. The van der Waals surface area contributed by atoms with E-state index in [0.29, 0.717) is 0 Å². The minimum Gasteiger partial charge on any atom is -0.395 e. The highest BCUT2D eigenvalue weighted by Gasteiger charge is 2.36. The predicted molar refractivity (Wildman–Crippen MR) is 57.6 cm³/mol. The molecule has 0 atom stereocenters. The molecular formula is C9H21NO3S. The van der Waals surface area contributed by atoms with Gasteiger partial charge in [0, 0.05) is 12.6 Å². The molecule has 0 saturated carbocycles. The molecule has 86 valence electrons. The number of aliphatic hydroxyl groups excluding tert-OH is 1. The Labute approximate surface area is 87.0 Å². The van der Waals surface area contributed by atoms with E-state index in [2.05, 4.69) is 0 Å². The van der Waals surface area contributed by atoms with Gasteiger partial charge in [-0.2, -0.15) is 4.31 Å². The maximum absolute atomic E-state index is 12.0. The van der Waals surface area contributed by atoms with Gasteiger partial charge in [0.25, 0.3) is 0 Å². The molecule has 0 aromatic heterocycles. The van der Waals surface area contributed by atoms with Gasteiger partial charge in [-0.1, -0.05) is 0 Å². The van der Waals surface area contributed by atoms with E-state index in [9.17, 15) is 8.42 Å². The lowest BCUT2D eigenvalue weighted by Crippen LogP contribution is -2.47. The number of hydrogen-bond acceptors (Lipinski definition) is 3. The maximum Gasteiger partial charge on any atom is 0.219 e. The highest BCUT2D eigenvalue weighted by Crippen LogP contribution is 2.21. The first kappa shape index (κ1) is 13.9. The Morgan fingerprint density at radius 2 is 1.71 bits per heavy atom. The summed E-state index contributed by atoms with van der Waals surface area (Å²) >= 11 is 0. The van der Waals surface area contributed by atoms with Crippen molar-refractivity contribution in [1.29, 1.82) is 0 Å². The van der Waals surface area contributed by atoms with E-state index >= 15 is 0 Å². The molecular weight excluding hydrogens is 202 g/mol. The van der Waals surface area contributed by atoms with Gasteiger partial charge in [-0.25, -0.2) is 8.42 Å². The van der Waals surface area contributed by atoms with Crippen molar-refractivity contribution in [3.8, 4) is 0 Å². The summed E-state index contributed by atoms with van der Waals surface area (Å²) in [5.74, 6) is 0. The zero-order valence-electron chi connectivity index (χ0n) is 9.61. The Morgan fingerprint density at radius 1 is 1.29 bits per heavy atom. The summed E-state index contributed by atoms with van der Waals surface area (Å²) in [4.78, 5) is 0. The second-order valence-electron chi connectivity index (χ2n) is 4.55. The summed E-state index contributed by atoms with van der Waals surface area (Å²) in [6, 6.07) is -0.119. The van der Waals surface area contributed by atoms with Crippen LogP contribution in [0, 0.1) is 0 Å². The summed E-state index contributed by atoms with van der Waals surface area (Å²) in [7, 11) is -3.33. The minimum atomic E-state index is -3.33. The average molecular weight is 223 g/mol. The molecule has 0 spiro atoms. The van der Waals surface area contributed by atoms with E-state index in [0.717, 1.165) is 0 Å². The predicted octanol–water partition coefficient (Wildman–Crippen LogP) is 0.817. The van der Waals surface area contributed by atoms with Crippen LogP contribution in [0.1, 0.15) is 34.6 Å². The first-order valence-corrected chi connectivity index (χ1v) is 6.21. The molecule has 0 fully saturated rings. The molecule has 0 aliphatic heterocycles. The summed E-state index contributed by atoms with van der Waals surface area (Å²) < 4.78 is 24.5. The van der Waals surface area contributed by atoms with Crippen molar-refractivity contribution in [2.24, 2.45) is 0 Å². The number of rotatable bonds is 4. The molecule has 0 rings (SSSR count). The third-order valence-electron chi connectivity index (χ3n) is 1.98. The highest BCUT2D eigenvalue weighted by atomic mass is 32.2. The Kier molecular flexibility index (Phi) is 4.55. The van der Waals surface area contributed by atoms with E-state index in [-0.39, 0.29) is 19.2 Å². The van der Waals surface area contributed by atoms with Crippen LogP contribution in [-0.2, 0) is 10.0 Å². The van der Waals surface area contributed by atoms with Crippen LogP contribution in [0.3, 0.4) is 0 Å². The van der Waals surface area contributed by atoms with Gasteiger partial charge in [0.15, 0.2) is 0 Å². The molecule has 0 heterocycles. The number of sulfonamides is 1. The van der Waals surface area contributed by atoms with Crippen molar-refractivity contribution in [3.63, 3.8) is 0 Å². The summed E-state index contributed by atoms with van der Waals surface area (Å²) in [6.07, 6.45) is 0. The van der Waals surface area contributed by atoms with Crippen molar-refractivity contribution in [2.75, 3.05) is 13.2 Å². The lowest BCUT2D eigenvalue weighted by molar-refractivity contribution is 0.234. The van der Waals surface area contributed by atoms with Gasteiger partial charge in [-0.3, -0.25) is 0 Å². The fourth-order valence-corrected chi connectivity index (χ4v) is 2.69. The van der Waals surface area contributed by atoms with Crippen molar-refractivity contribution < 1.29 is 13.5 Å². The van der Waals surface area contributed by atoms with Crippen molar-refractivity contribution in [3.05, 3.63) is 0 Å². The summed E-state index contributed by atoms with van der Waals surface area (Å²) in [5, 5.41) is 8.81. The van der Waals surface area contributed by atoms with Crippen LogP contribution in [0.4, 0.5) is 0 Å². The number of nitrogens with zero attached hydrogens (tertiary/aromatic N) is 1. The highest BCUT2D eigenvalue weighted by molar-refractivity contribution is 7.90. The third kappa shape index (κ3) is 2.93. The van der Waals surface area contributed by atoms with E-state index < -0.39 is 14.8 Å². The zero-order valence-corrected chi connectivity index (χ0v) is 10.4. The van der Waals surface area contributed by atoms with Gasteiger partial charge in [0.05, 0.1) is 11.4 Å². The number of aliphatic hydroxyl groups is 1. The number of hydrogen-bond donors (Lipinski definition) is 1. The fraction of sp³-hybridized carbons (Fsp3) is 1.00. The second-order valence-corrected chi connectivity index (χ2v) is 7.19. The normalized spacial score (nSPS) is 14.0. The summed E-state index contributed by atoms with van der Waals surface area (Å²) in [6.45, 7) is 8.61. The van der Waals surface area contributed by atoms with Crippen LogP contribution in [-0.4, -0.2) is 41.8 Å². The van der Waals surface area contributed by atoms with Gasteiger partial charge in [-0.15, -0.1) is 0 Å². The lowest BCUT2D eigenvalue weighted by Gasteiger charge is -2.32. The van der Waals surface area contributed by atoms with E-state index in [1.165, 1.54) is 4.31 Å². The quantitative estimate of drug-likeness (QED) is 0.767. The first-order valence-electron chi connectivity index (χ1n) is 4.77. The smallest absolute Gasteiger partial charge is 0.219 e. The van der Waals surface area contributed by atoms with Crippen molar-refractivity contribution in [1.82, 2.24) is 4.31 Å². The Morgan fingerprint density at radius 3 is 1.93 bits per heavy atom. The molecule has 1 N–H and O–H groups in total. The SMILES string of the molecule is CC(C)N(CCO)S(=O)(=O)C(C)(C)C. The molecule has 0 saturated heterocycles. The van der Waals surface area contributed by atoms with E-state index in [1.807, 2.05) is 0 Å². The summed E-state index contributed by atoms with van der Waals surface area (Å²) in [5.41, 5.74) is 0. The van der Waals surface area contributed by atoms with Gasteiger partial charge >= 0.3 is 0 Å². The second kappa shape index (κ2) is 4.59. The molecule has 0 unspecified atom stereocenters. The lowest BCUT2D eigenvalue weighted by atomic mass is 10.3. The van der Waals surface area contributed by atoms with Gasteiger partial charge in [0.1, 0.15) is 0 Å². The van der Waals surface area contributed by atoms with Crippen LogP contribution in [0.5, 0.6) is 0 Å². The molecule has 0 bridgehead atoms. The van der Waals surface area contributed by atoms with E-state index in [4.69, 9.17) is 5.11 Å². The van der Waals surface area contributed by atoms with Crippen LogP contribution in [0.15, 0.2) is 0 Å². The largest absolute Gasteiger partial charge is 0.395 e. The Hall–Kier alpha value is -0.130. The molecule has 14 heavy (non-hydrogen) atoms. The average Bonchev–Trinajstić information content (AvgIpc) is 1.96. The molecule has 0 aromatic rings. The third-order valence-corrected chi connectivity index (χ3v) is 4.75. The molecule has 0 aromatic carbocycles. The van der Waals surface area contributed by atoms with Crippen LogP contribution in [0.25, 0.3) is 0 Å². The first-order chi connectivity index (χ1) is 6.14. The van der Waals surface area contributed by atoms with Crippen molar-refractivity contribution >= 4 is 10.0 Å². The maximum atomic E-state index is 12.0. The van der Waals surface area contributed by atoms with Crippen LogP contribution >= 0.6 is 0 Å². The molecule has 5 heteroatoms. The molecule has 0 amide bonds. The monoisotopic (exact) mass is 223 g/mol. The molecule has 4 nitrogen and oxygen atoms in total. The van der Waals surface area contributed by atoms with Gasteiger partial charge < -0.3 is 5.11 Å². The minimum absolute atomic E-state index is 0.119. The van der Waals surface area contributed by atoms with Crippen LogP contribution < -0.4 is 0 Å². The standard InChI is InChI=1S/C9H21NO3S/c1-8(2)10(6-7-11)14(12,13)9(3,4)5/h8,11H,6-7H2,1-5H3. The Bertz CT molecular complexity index is 264. The van der Waals surface area contributed by atoms with Crippen molar-refractivity contribution in [2.45, 2.75) is 45.4 Å². The van der Waals surface area contributed by atoms with Gasteiger partial charge in [0.2, 0.25) is 10.0 Å². The molecule has 0 aliphatic rings. The van der Waals surface area contributed by atoms with Crippen LogP contribution in [0.2, 0.25) is 0 Å². The van der Waals surface area contributed by atoms with Gasteiger partial charge in [-0.05, 0) is 34.6 Å². The zero-order chi connectivity index (χ0) is 11.6. The van der Waals surface area contributed by atoms with E-state index in [1.54, 1.807) is 34.6 Å². The molecule has 0 aliphatic carbocycles.